The van der Waals surface area contributed by atoms with Crippen LogP contribution in [0.1, 0.15) is 19.8 Å². The Morgan fingerprint density at radius 2 is 2.16 bits per heavy atom. The number of nitrogens with zero attached hydrogens (tertiary/aromatic N) is 1. The van der Waals surface area contributed by atoms with Gasteiger partial charge in [0.25, 0.3) is 0 Å². The number of aromatic nitrogens is 1. The molecular weight excluding hydrogens is 304 g/mol. The molecule has 2 aromatic rings. The quantitative estimate of drug-likeness (QED) is 0.775. The third-order valence-corrected chi connectivity index (χ3v) is 3.60. The minimum Gasteiger partial charge on any atom is -0.384 e. The van der Waals surface area contributed by atoms with Gasteiger partial charge < -0.3 is 10.1 Å². The van der Waals surface area contributed by atoms with Gasteiger partial charge in [-0.1, -0.05) is 12.1 Å². The Morgan fingerprint density at radius 3 is 3.00 bits per heavy atom. The van der Waals surface area contributed by atoms with Crippen LogP contribution in [0.25, 0.3) is 10.9 Å². The van der Waals surface area contributed by atoms with Gasteiger partial charge in [0.15, 0.2) is 0 Å². The molecule has 1 heterocycles. The summed E-state index contributed by atoms with van der Waals surface area (Å²) in [5.74, 6) is 0. The number of anilines is 1. The molecule has 0 saturated carbocycles. The lowest BCUT2D eigenvalue weighted by atomic mass is 10.2. The molecule has 0 bridgehead atoms. The lowest BCUT2D eigenvalue weighted by Gasteiger charge is -2.10. The van der Waals surface area contributed by atoms with Gasteiger partial charge in [0.05, 0.1) is 5.52 Å². The summed E-state index contributed by atoms with van der Waals surface area (Å²) in [5.41, 5.74) is 2.14. The van der Waals surface area contributed by atoms with Crippen molar-refractivity contribution in [1.29, 1.82) is 0 Å². The average Bonchev–Trinajstić information content (AvgIpc) is 2.43. The van der Waals surface area contributed by atoms with Crippen molar-refractivity contribution < 1.29 is 4.74 Å². The number of benzene rings is 1. The Hall–Kier alpha value is -1.13. The SMILES string of the molecule is CCOCCCCNc1ccnc2c(Br)cccc12. The highest BCUT2D eigenvalue weighted by Gasteiger charge is 2.03. The molecule has 1 aromatic carbocycles. The summed E-state index contributed by atoms with van der Waals surface area (Å²) in [5, 5.41) is 4.63. The highest BCUT2D eigenvalue weighted by molar-refractivity contribution is 9.10. The van der Waals surface area contributed by atoms with Gasteiger partial charge in [-0.15, -0.1) is 0 Å². The Bertz CT molecular complexity index is 531. The van der Waals surface area contributed by atoms with Crippen LogP contribution in [-0.4, -0.2) is 24.7 Å². The molecular formula is C15H19BrN2O. The number of nitrogens with one attached hydrogen (secondary N) is 1. The number of halogens is 1. The summed E-state index contributed by atoms with van der Waals surface area (Å²) in [6.07, 6.45) is 4.04. The monoisotopic (exact) mass is 322 g/mol. The van der Waals surface area contributed by atoms with E-state index in [9.17, 15) is 0 Å². The predicted molar refractivity (Wildman–Crippen MR) is 83.7 cm³/mol. The first-order valence-corrected chi connectivity index (χ1v) is 7.47. The van der Waals surface area contributed by atoms with Crippen LogP contribution in [0.3, 0.4) is 0 Å². The molecule has 0 spiro atoms. The molecule has 0 fully saturated rings. The van der Waals surface area contributed by atoms with Gasteiger partial charge in [-0.2, -0.15) is 0 Å². The van der Waals surface area contributed by atoms with Gasteiger partial charge in [0.1, 0.15) is 0 Å². The van der Waals surface area contributed by atoms with Crippen LogP contribution in [-0.2, 0) is 4.74 Å². The van der Waals surface area contributed by atoms with E-state index in [-0.39, 0.29) is 0 Å². The first-order valence-electron chi connectivity index (χ1n) is 6.67. The fourth-order valence-electron chi connectivity index (χ4n) is 1.99. The zero-order chi connectivity index (χ0) is 13.5. The largest absolute Gasteiger partial charge is 0.384 e. The average molecular weight is 323 g/mol. The maximum absolute atomic E-state index is 5.33. The number of unbranched alkanes of at least 4 members (excludes halogenated alkanes) is 1. The van der Waals surface area contributed by atoms with Gasteiger partial charge >= 0.3 is 0 Å². The Kier molecular flexibility index (Phi) is 5.61. The highest BCUT2D eigenvalue weighted by Crippen LogP contribution is 2.27. The number of ether oxygens (including phenoxy) is 1. The lowest BCUT2D eigenvalue weighted by molar-refractivity contribution is 0.144. The number of para-hydroxylation sites is 1. The molecule has 0 aliphatic rings. The van der Waals surface area contributed by atoms with E-state index < -0.39 is 0 Å². The first kappa shape index (κ1) is 14.3. The van der Waals surface area contributed by atoms with Crippen LogP contribution in [0, 0.1) is 0 Å². The van der Waals surface area contributed by atoms with Gasteiger partial charge in [0.2, 0.25) is 0 Å². The van der Waals surface area contributed by atoms with Crippen molar-refractivity contribution in [3.05, 3.63) is 34.9 Å². The van der Waals surface area contributed by atoms with Crippen LogP contribution in [0.5, 0.6) is 0 Å². The first-order chi connectivity index (χ1) is 9.33. The Labute approximate surface area is 122 Å². The number of hydrogen-bond donors (Lipinski definition) is 1. The van der Waals surface area contributed by atoms with Crippen LogP contribution >= 0.6 is 15.9 Å². The van der Waals surface area contributed by atoms with E-state index in [1.807, 2.05) is 31.3 Å². The zero-order valence-corrected chi connectivity index (χ0v) is 12.7. The van der Waals surface area contributed by atoms with Crippen LogP contribution in [0.2, 0.25) is 0 Å². The van der Waals surface area contributed by atoms with Gasteiger partial charge in [-0.3, -0.25) is 4.98 Å². The smallest absolute Gasteiger partial charge is 0.0864 e. The van der Waals surface area contributed by atoms with Crippen molar-refractivity contribution in [2.45, 2.75) is 19.8 Å². The number of pyridine rings is 1. The summed E-state index contributed by atoms with van der Waals surface area (Å²) in [6, 6.07) is 8.17. The number of rotatable bonds is 7. The van der Waals surface area contributed by atoms with Crippen molar-refractivity contribution in [3.63, 3.8) is 0 Å². The van der Waals surface area contributed by atoms with E-state index in [0.717, 1.165) is 53.7 Å². The molecule has 4 heteroatoms. The number of fused-ring (bicyclic) bond motifs is 1. The molecule has 0 aliphatic heterocycles. The summed E-state index contributed by atoms with van der Waals surface area (Å²) < 4.78 is 6.36. The molecule has 1 aromatic heterocycles. The molecule has 0 amide bonds. The van der Waals surface area contributed by atoms with Gasteiger partial charge in [-0.25, -0.2) is 0 Å². The molecule has 102 valence electrons. The lowest BCUT2D eigenvalue weighted by Crippen LogP contribution is -2.04. The fraction of sp³-hybridized carbons (Fsp3) is 0.400. The van der Waals surface area contributed by atoms with Crippen LogP contribution < -0.4 is 5.32 Å². The van der Waals surface area contributed by atoms with Crippen molar-refractivity contribution in [2.75, 3.05) is 25.1 Å². The Balaban J connectivity index is 1.95. The van der Waals surface area contributed by atoms with E-state index in [2.05, 4.69) is 32.3 Å². The Morgan fingerprint density at radius 1 is 1.26 bits per heavy atom. The molecule has 0 atom stereocenters. The van der Waals surface area contributed by atoms with E-state index in [0.29, 0.717) is 0 Å². The maximum Gasteiger partial charge on any atom is 0.0864 e. The molecule has 3 nitrogen and oxygen atoms in total. The molecule has 2 rings (SSSR count). The van der Waals surface area contributed by atoms with Crippen molar-refractivity contribution in [3.8, 4) is 0 Å². The standard InChI is InChI=1S/C15H19BrN2O/c1-2-19-11-4-3-9-17-14-8-10-18-15-12(14)6-5-7-13(15)16/h5-8,10H,2-4,9,11H2,1H3,(H,17,18). The normalized spacial score (nSPS) is 10.8. The van der Waals surface area contributed by atoms with E-state index in [1.165, 1.54) is 0 Å². The molecule has 1 N–H and O–H groups in total. The molecule has 0 radical (unpaired) electrons. The summed E-state index contributed by atoms with van der Waals surface area (Å²) in [4.78, 5) is 4.40. The van der Waals surface area contributed by atoms with Crippen molar-refractivity contribution in [1.82, 2.24) is 4.98 Å². The maximum atomic E-state index is 5.33. The van der Waals surface area contributed by atoms with Crippen LogP contribution in [0.4, 0.5) is 5.69 Å². The number of hydrogen-bond acceptors (Lipinski definition) is 3. The minimum atomic E-state index is 0.802. The summed E-state index contributed by atoms with van der Waals surface area (Å²) in [6.45, 7) is 4.63. The second kappa shape index (κ2) is 7.46. The molecule has 0 unspecified atom stereocenters. The van der Waals surface area contributed by atoms with Crippen molar-refractivity contribution >= 4 is 32.5 Å². The second-order valence-corrected chi connectivity index (χ2v) is 5.18. The van der Waals surface area contributed by atoms with Gasteiger partial charge in [0, 0.05) is 41.5 Å². The van der Waals surface area contributed by atoms with E-state index in [1.54, 1.807) is 0 Å². The molecule has 0 saturated heterocycles. The highest BCUT2D eigenvalue weighted by atomic mass is 79.9. The predicted octanol–water partition coefficient (Wildman–Crippen LogP) is 4.23. The van der Waals surface area contributed by atoms with Crippen molar-refractivity contribution in [2.24, 2.45) is 0 Å². The third-order valence-electron chi connectivity index (χ3n) is 2.96. The second-order valence-electron chi connectivity index (χ2n) is 4.33. The summed E-state index contributed by atoms with van der Waals surface area (Å²) in [7, 11) is 0. The topological polar surface area (TPSA) is 34.1 Å². The zero-order valence-electron chi connectivity index (χ0n) is 11.2. The van der Waals surface area contributed by atoms with Gasteiger partial charge in [-0.05, 0) is 47.8 Å². The third kappa shape index (κ3) is 3.91. The summed E-state index contributed by atoms with van der Waals surface area (Å²) >= 11 is 3.53. The van der Waals surface area contributed by atoms with E-state index >= 15 is 0 Å². The van der Waals surface area contributed by atoms with E-state index in [4.69, 9.17) is 4.74 Å². The van der Waals surface area contributed by atoms with Crippen LogP contribution in [0.15, 0.2) is 34.9 Å². The molecule has 0 aliphatic carbocycles. The fourth-order valence-corrected chi connectivity index (χ4v) is 2.46. The minimum absolute atomic E-state index is 0.802. The molecule has 19 heavy (non-hydrogen) atoms.